The van der Waals surface area contributed by atoms with Crippen molar-refractivity contribution in [2.45, 2.75) is 32.2 Å². The van der Waals surface area contributed by atoms with Crippen LogP contribution in [0.5, 0.6) is 0 Å². The zero-order valence-corrected chi connectivity index (χ0v) is 14.8. The number of rotatable bonds is 4. The number of nitrogens with zero attached hydrogens (tertiary/aromatic N) is 1. The molecule has 1 aromatic carbocycles. The highest BCUT2D eigenvalue weighted by molar-refractivity contribution is 7.12. The van der Waals surface area contributed by atoms with Crippen LogP contribution in [0.4, 0.5) is 5.69 Å². The fourth-order valence-corrected chi connectivity index (χ4v) is 3.71. The highest BCUT2D eigenvalue weighted by atomic mass is 32.1. The number of thiophene rings is 1. The fraction of sp³-hybridized carbons (Fsp3) is 0.316. The van der Waals surface area contributed by atoms with Gasteiger partial charge in [0.2, 0.25) is 5.91 Å². The second-order valence-electron chi connectivity index (χ2n) is 6.11. The summed E-state index contributed by atoms with van der Waals surface area (Å²) >= 11 is 1.39. The van der Waals surface area contributed by atoms with Crippen molar-refractivity contribution < 1.29 is 14.4 Å². The second-order valence-corrected chi connectivity index (χ2v) is 7.06. The summed E-state index contributed by atoms with van der Waals surface area (Å²) in [5.41, 5.74) is 1.12. The first kappa shape index (κ1) is 17.4. The van der Waals surface area contributed by atoms with Crippen LogP contribution in [0, 0.1) is 0 Å². The lowest BCUT2D eigenvalue weighted by atomic mass is 10.0. The maximum Gasteiger partial charge on any atom is 0.264 e. The molecule has 2 amide bonds. The van der Waals surface area contributed by atoms with E-state index in [2.05, 4.69) is 5.32 Å². The van der Waals surface area contributed by atoms with Gasteiger partial charge in [0.05, 0.1) is 4.88 Å². The minimum atomic E-state index is -0.482. The summed E-state index contributed by atoms with van der Waals surface area (Å²) in [7, 11) is 0. The normalized spacial score (nSPS) is 17.2. The van der Waals surface area contributed by atoms with E-state index >= 15 is 0 Å². The molecular formula is C19H20N2O3S. The van der Waals surface area contributed by atoms with Gasteiger partial charge in [0, 0.05) is 17.8 Å². The molecule has 1 saturated heterocycles. The Morgan fingerprint density at radius 1 is 1.16 bits per heavy atom. The Kier molecular flexibility index (Phi) is 5.28. The lowest BCUT2D eigenvalue weighted by Gasteiger charge is -2.34. The molecular weight excluding hydrogens is 336 g/mol. The van der Waals surface area contributed by atoms with Crippen molar-refractivity contribution in [1.82, 2.24) is 4.90 Å². The van der Waals surface area contributed by atoms with Gasteiger partial charge in [-0.2, -0.15) is 0 Å². The number of amides is 2. The maximum atomic E-state index is 12.7. The minimum Gasteiger partial charge on any atom is -0.326 e. The average Bonchev–Trinajstić information content (AvgIpc) is 3.16. The SMILES string of the molecule is CC(=O)c1cccc(NC(=O)[C@@H]2CCCCN2C(=O)c2cccs2)c1. The molecule has 1 aromatic heterocycles. The molecule has 1 aliphatic heterocycles. The fourth-order valence-electron chi connectivity index (χ4n) is 3.03. The molecule has 25 heavy (non-hydrogen) atoms. The monoisotopic (exact) mass is 356 g/mol. The minimum absolute atomic E-state index is 0.0525. The van der Waals surface area contributed by atoms with Crippen LogP contribution in [0.25, 0.3) is 0 Å². The van der Waals surface area contributed by atoms with Crippen LogP contribution >= 0.6 is 11.3 Å². The zero-order valence-electron chi connectivity index (χ0n) is 14.0. The lowest BCUT2D eigenvalue weighted by Crippen LogP contribution is -2.49. The van der Waals surface area contributed by atoms with E-state index in [-0.39, 0.29) is 17.6 Å². The Labute approximate surface area is 150 Å². The first-order valence-corrected chi connectivity index (χ1v) is 9.20. The van der Waals surface area contributed by atoms with Crippen molar-refractivity contribution in [3.8, 4) is 0 Å². The van der Waals surface area contributed by atoms with E-state index in [0.717, 1.165) is 12.8 Å². The summed E-state index contributed by atoms with van der Waals surface area (Å²) < 4.78 is 0. The lowest BCUT2D eigenvalue weighted by molar-refractivity contribution is -0.121. The van der Waals surface area contributed by atoms with Crippen LogP contribution in [0.1, 0.15) is 46.2 Å². The first-order chi connectivity index (χ1) is 12.1. The molecule has 6 heteroatoms. The Balaban J connectivity index is 1.76. The number of anilines is 1. The molecule has 0 spiro atoms. The van der Waals surface area contributed by atoms with E-state index < -0.39 is 6.04 Å². The number of piperidine rings is 1. The quantitative estimate of drug-likeness (QED) is 0.852. The van der Waals surface area contributed by atoms with E-state index in [0.29, 0.717) is 29.1 Å². The number of Topliss-reactive ketones (excluding diaryl/α,β-unsaturated/α-hetero) is 1. The van der Waals surface area contributed by atoms with E-state index in [4.69, 9.17) is 0 Å². The van der Waals surface area contributed by atoms with E-state index in [1.54, 1.807) is 35.2 Å². The third-order valence-electron chi connectivity index (χ3n) is 4.33. The number of ketones is 1. The van der Waals surface area contributed by atoms with Gasteiger partial charge in [-0.1, -0.05) is 18.2 Å². The van der Waals surface area contributed by atoms with Gasteiger partial charge in [0.15, 0.2) is 5.78 Å². The number of hydrogen-bond acceptors (Lipinski definition) is 4. The molecule has 1 fully saturated rings. The predicted octanol–water partition coefficient (Wildman–Crippen LogP) is 3.58. The van der Waals surface area contributed by atoms with Gasteiger partial charge < -0.3 is 10.2 Å². The Morgan fingerprint density at radius 3 is 2.72 bits per heavy atom. The van der Waals surface area contributed by atoms with Crippen LogP contribution in [-0.4, -0.2) is 35.1 Å². The zero-order chi connectivity index (χ0) is 17.8. The summed E-state index contributed by atoms with van der Waals surface area (Å²) in [4.78, 5) is 39.2. The van der Waals surface area contributed by atoms with Crippen molar-refractivity contribution in [3.63, 3.8) is 0 Å². The highest BCUT2D eigenvalue weighted by Gasteiger charge is 2.33. The van der Waals surface area contributed by atoms with E-state index in [1.165, 1.54) is 18.3 Å². The molecule has 0 saturated carbocycles. The highest BCUT2D eigenvalue weighted by Crippen LogP contribution is 2.23. The van der Waals surface area contributed by atoms with Gasteiger partial charge in [0.1, 0.15) is 6.04 Å². The molecule has 0 bridgehead atoms. The van der Waals surface area contributed by atoms with Crippen molar-refractivity contribution in [3.05, 3.63) is 52.2 Å². The summed E-state index contributed by atoms with van der Waals surface area (Å²) in [6.45, 7) is 2.08. The molecule has 0 unspecified atom stereocenters. The van der Waals surface area contributed by atoms with Gasteiger partial charge in [-0.05, 0) is 49.8 Å². The molecule has 0 radical (unpaired) electrons. The van der Waals surface area contributed by atoms with Crippen molar-refractivity contribution >= 4 is 34.6 Å². The standard InChI is InChI=1S/C19H20N2O3S/c1-13(22)14-6-4-7-15(12-14)20-18(23)16-8-2-3-10-21(16)19(24)17-9-5-11-25-17/h4-7,9,11-12,16H,2-3,8,10H2,1H3,(H,20,23)/t16-/m0/s1. The smallest absolute Gasteiger partial charge is 0.264 e. The first-order valence-electron chi connectivity index (χ1n) is 8.32. The van der Waals surface area contributed by atoms with Crippen LogP contribution in [0.15, 0.2) is 41.8 Å². The summed E-state index contributed by atoms with van der Waals surface area (Å²) in [6.07, 6.45) is 2.47. The second kappa shape index (κ2) is 7.61. The number of carbonyl (C=O) groups is 3. The van der Waals surface area contributed by atoms with Crippen LogP contribution in [0.3, 0.4) is 0 Å². The van der Waals surface area contributed by atoms with Crippen molar-refractivity contribution in [1.29, 1.82) is 0 Å². The summed E-state index contributed by atoms with van der Waals surface area (Å²) in [6, 6.07) is 10.0. The number of hydrogen-bond donors (Lipinski definition) is 1. The van der Waals surface area contributed by atoms with Crippen molar-refractivity contribution in [2.24, 2.45) is 0 Å². The molecule has 1 atom stereocenters. The van der Waals surface area contributed by atoms with Gasteiger partial charge in [0.25, 0.3) is 5.91 Å². The molecule has 5 nitrogen and oxygen atoms in total. The van der Waals surface area contributed by atoms with Gasteiger partial charge in [-0.3, -0.25) is 14.4 Å². The Hall–Kier alpha value is -2.47. The largest absolute Gasteiger partial charge is 0.326 e. The molecule has 1 aliphatic rings. The van der Waals surface area contributed by atoms with Gasteiger partial charge in [-0.25, -0.2) is 0 Å². The van der Waals surface area contributed by atoms with Crippen LogP contribution in [-0.2, 0) is 4.79 Å². The molecule has 0 aliphatic carbocycles. The Morgan fingerprint density at radius 2 is 2.00 bits per heavy atom. The molecule has 3 rings (SSSR count). The maximum absolute atomic E-state index is 12.7. The molecule has 2 aromatic rings. The predicted molar refractivity (Wildman–Crippen MR) is 98.1 cm³/mol. The molecule has 1 N–H and O–H groups in total. The average molecular weight is 356 g/mol. The van der Waals surface area contributed by atoms with E-state index in [9.17, 15) is 14.4 Å². The third kappa shape index (κ3) is 3.96. The number of likely N-dealkylation sites (tertiary alicyclic amines) is 1. The topological polar surface area (TPSA) is 66.5 Å². The van der Waals surface area contributed by atoms with Crippen molar-refractivity contribution in [2.75, 3.05) is 11.9 Å². The summed E-state index contributed by atoms with van der Waals surface area (Å²) in [5, 5.41) is 4.72. The van der Waals surface area contributed by atoms with Crippen LogP contribution in [0.2, 0.25) is 0 Å². The summed E-state index contributed by atoms with van der Waals surface area (Å²) in [5.74, 6) is -0.346. The Bertz CT molecular complexity index is 786. The van der Waals surface area contributed by atoms with Gasteiger partial charge in [-0.15, -0.1) is 11.3 Å². The number of benzene rings is 1. The molecule has 2 heterocycles. The number of nitrogens with one attached hydrogen (secondary N) is 1. The van der Waals surface area contributed by atoms with E-state index in [1.807, 2.05) is 11.4 Å². The third-order valence-corrected chi connectivity index (χ3v) is 5.19. The van der Waals surface area contributed by atoms with Crippen LogP contribution < -0.4 is 5.32 Å². The molecule has 130 valence electrons. The number of carbonyl (C=O) groups excluding carboxylic acids is 3. The van der Waals surface area contributed by atoms with Gasteiger partial charge >= 0.3 is 0 Å².